The first-order chi connectivity index (χ1) is 7.52. The van der Waals surface area contributed by atoms with Crippen molar-refractivity contribution in [1.29, 1.82) is 0 Å². The summed E-state index contributed by atoms with van der Waals surface area (Å²) in [5.74, 6) is 0.153. The van der Waals surface area contributed by atoms with Crippen molar-refractivity contribution in [2.75, 3.05) is 13.1 Å². The molecule has 1 heterocycles. The van der Waals surface area contributed by atoms with Crippen LogP contribution < -0.4 is 5.73 Å². The minimum Gasteiger partial charge on any atom is -0.341 e. The van der Waals surface area contributed by atoms with Gasteiger partial charge in [0, 0.05) is 13.1 Å². The summed E-state index contributed by atoms with van der Waals surface area (Å²) in [4.78, 5) is 13.9. The topological polar surface area (TPSA) is 46.3 Å². The molecule has 0 bridgehead atoms. The Kier molecular flexibility index (Phi) is 4.78. The van der Waals surface area contributed by atoms with Crippen LogP contribution in [0.1, 0.15) is 52.9 Å². The molecule has 1 rings (SSSR count). The molecule has 2 N–H and O–H groups in total. The zero-order valence-corrected chi connectivity index (χ0v) is 11.0. The summed E-state index contributed by atoms with van der Waals surface area (Å²) in [5.41, 5.74) is 6.30. The van der Waals surface area contributed by atoms with Crippen LogP contribution in [0.5, 0.6) is 0 Å². The van der Waals surface area contributed by atoms with Crippen molar-refractivity contribution in [3.8, 4) is 0 Å². The second-order valence-electron chi connectivity index (χ2n) is 5.38. The summed E-state index contributed by atoms with van der Waals surface area (Å²) < 4.78 is 0. The van der Waals surface area contributed by atoms with Crippen LogP contribution in [0, 0.1) is 5.41 Å². The van der Waals surface area contributed by atoms with E-state index >= 15 is 0 Å². The second-order valence-corrected chi connectivity index (χ2v) is 5.38. The molecule has 3 nitrogen and oxygen atoms in total. The molecule has 0 aromatic heterocycles. The minimum atomic E-state index is -0.281. The van der Waals surface area contributed by atoms with E-state index in [-0.39, 0.29) is 11.9 Å². The highest BCUT2D eigenvalue weighted by Crippen LogP contribution is 2.33. The standard InChI is InChI=1S/C13H26N2O/c1-4-6-11(14)12(16)15-9-7-13(3,5-2)8-10-15/h11H,4-10,14H2,1-3H3. The summed E-state index contributed by atoms with van der Waals surface area (Å²) in [6, 6.07) is -0.281. The van der Waals surface area contributed by atoms with Crippen LogP contribution in [0.4, 0.5) is 0 Å². The van der Waals surface area contributed by atoms with E-state index in [1.54, 1.807) is 0 Å². The molecule has 1 aliphatic rings. The first-order valence-corrected chi connectivity index (χ1v) is 6.57. The highest BCUT2D eigenvalue weighted by atomic mass is 16.2. The molecule has 1 aliphatic heterocycles. The average Bonchev–Trinajstić information content (AvgIpc) is 2.29. The normalized spacial score (nSPS) is 21.9. The number of nitrogens with zero attached hydrogens (tertiary/aromatic N) is 1. The maximum atomic E-state index is 12.0. The van der Waals surface area contributed by atoms with E-state index in [0.29, 0.717) is 5.41 Å². The van der Waals surface area contributed by atoms with E-state index < -0.39 is 0 Å². The molecule has 0 spiro atoms. The van der Waals surface area contributed by atoms with Crippen LogP contribution >= 0.6 is 0 Å². The summed E-state index contributed by atoms with van der Waals surface area (Å²) in [7, 11) is 0. The monoisotopic (exact) mass is 226 g/mol. The van der Waals surface area contributed by atoms with Crippen LogP contribution in [0.2, 0.25) is 0 Å². The van der Waals surface area contributed by atoms with Gasteiger partial charge in [-0.2, -0.15) is 0 Å². The van der Waals surface area contributed by atoms with Crippen LogP contribution in [0.3, 0.4) is 0 Å². The van der Waals surface area contributed by atoms with Gasteiger partial charge < -0.3 is 10.6 Å². The lowest BCUT2D eigenvalue weighted by Crippen LogP contribution is -2.48. The molecule has 1 fully saturated rings. The molecule has 0 aliphatic carbocycles. The van der Waals surface area contributed by atoms with E-state index in [4.69, 9.17) is 5.73 Å². The third-order valence-corrected chi connectivity index (χ3v) is 4.05. The number of nitrogens with two attached hydrogens (primary N) is 1. The van der Waals surface area contributed by atoms with Crippen molar-refractivity contribution in [2.45, 2.75) is 58.9 Å². The van der Waals surface area contributed by atoms with Gasteiger partial charge in [-0.15, -0.1) is 0 Å². The lowest BCUT2D eigenvalue weighted by Gasteiger charge is -2.39. The second kappa shape index (κ2) is 5.67. The van der Waals surface area contributed by atoms with Gasteiger partial charge in [-0.25, -0.2) is 0 Å². The smallest absolute Gasteiger partial charge is 0.239 e. The molecule has 0 aromatic rings. The van der Waals surface area contributed by atoms with Crippen LogP contribution in [-0.2, 0) is 4.79 Å². The third kappa shape index (κ3) is 3.21. The van der Waals surface area contributed by atoms with Crippen LogP contribution in [-0.4, -0.2) is 29.9 Å². The van der Waals surface area contributed by atoms with Crippen molar-refractivity contribution >= 4 is 5.91 Å². The predicted octanol–water partition coefficient (Wildman–Crippen LogP) is 2.15. The van der Waals surface area contributed by atoms with Gasteiger partial charge in [0.05, 0.1) is 6.04 Å². The lowest BCUT2D eigenvalue weighted by molar-refractivity contribution is -0.135. The van der Waals surface area contributed by atoms with Crippen molar-refractivity contribution < 1.29 is 4.79 Å². The summed E-state index contributed by atoms with van der Waals surface area (Å²) in [5, 5.41) is 0. The number of likely N-dealkylation sites (tertiary alicyclic amines) is 1. The van der Waals surface area contributed by atoms with E-state index in [1.807, 2.05) is 4.90 Å². The summed E-state index contributed by atoms with van der Waals surface area (Å²) in [6.45, 7) is 8.40. The molecule has 1 amide bonds. The third-order valence-electron chi connectivity index (χ3n) is 4.05. The fourth-order valence-electron chi connectivity index (χ4n) is 2.29. The van der Waals surface area contributed by atoms with E-state index in [9.17, 15) is 4.79 Å². The zero-order valence-electron chi connectivity index (χ0n) is 11.0. The van der Waals surface area contributed by atoms with Gasteiger partial charge in [-0.1, -0.05) is 33.6 Å². The predicted molar refractivity (Wildman–Crippen MR) is 67.1 cm³/mol. The van der Waals surface area contributed by atoms with Gasteiger partial charge in [0.2, 0.25) is 5.91 Å². The van der Waals surface area contributed by atoms with Crippen LogP contribution in [0.15, 0.2) is 0 Å². The molecule has 1 saturated heterocycles. The van der Waals surface area contributed by atoms with Crippen LogP contribution in [0.25, 0.3) is 0 Å². The van der Waals surface area contributed by atoms with Crippen molar-refractivity contribution in [3.05, 3.63) is 0 Å². The number of hydrogen-bond donors (Lipinski definition) is 1. The molecule has 0 aromatic carbocycles. The number of carbonyl (C=O) groups excluding carboxylic acids is 1. The number of amides is 1. The minimum absolute atomic E-state index is 0.153. The Morgan fingerprint density at radius 1 is 1.38 bits per heavy atom. The highest BCUT2D eigenvalue weighted by molar-refractivity contribution is 5.81. The van der Waals surface area contributed by atoms with Gasteiger partial charge >= 0.3 is 0 Å². The quantitative estimate of drug-likeness (QED) is 0.798. The number of rotatable bonds is 4. The molecule has 94 valence electrons. The molecular formula is C13H26N2O. The number of carbonyl (C=O) groups is 1. The van der Waals surface area contributed by atoms with Gasteiger partial charge in [0.25, 0.3) is 0 Å². The first kappa shape index (κ1) is 13.5. The van der Waals surface area contributed by atoms with Crippen molar-refractivity contribution in [1.82, 2.24) is 4.90 Å². The van der Waals surface area contributed by atoms with E-state index in [2.05, 4.69) is 20.8 Å². The Labute approximate surface area is 99.4 Å². The molecule has 3 heteroatoms. The summed E-state index contributed by atoms with van der Waals surface area (Å²) >= 11 is 0. The van der Waals surface area contributed by atoms with E-state index in [1.165, 1.54) is 6.42 Å². The fraction of sp³-hybridized carbons (Fsp3) is 0.923. The lowest BCUT2D eigenvalue weighted by atomic mass is 9.78. The summed E-state index contributed by atoms with van der Waals surface area (Å²) in [6.07, 6.45) is 5.23. The molecule has 1 unspecified atom stereocenters. The average molecular weight is 226 g/mol. The zero-order chi connectivity index (χ0) is 12.2. The maximum absolute atomic E-state index is 12.0. The SMILES string of the molecule is CCCC(N)C(=O)N1CCC(C)(CC)CC1. The molecule has 1 atom stereocenters. The molecule has 0 radical (unpaired) electrons. The number of hydrogen-bond acceptors (Lipinski definition) is 2. The Morgan fingerprint density at radius 3 is 2.38 bits per heavy atom. The largest absolute Gasteiger partial charge is 0.341 e. The maximum Gasteiger partial charge on any atom is 0.239 e. The highest BCUT2D eigenvalue weighted by Gasteiger charge is 2.31. The number of piperidine rings is 1. The fourth-order valence-corrected chi connectivity index (χ4v) is 2.29. The van der Waals surface area contributed by atoms with Gasteiger partial charge in [-0.05, 0) is 24.7 Å². The first-order valence-electron chi connectivity index (χ1n) is 6.57. The molecule has 16 heavy (non-hydrogen) atoms. The molecule has 0 saturated carbocycles. The Hall–Kier alpha value is -0.570. The van der Waals surface area contributed by atoms with Crippen molar-refractivity contribution in [3.63, 3.8) is 0 Å². The Morgan fingerprint density at radius 2 is 1.94 bits per heavy atom. The van der Waals surface area contributed by atoms with Gasteiger partial charge in [0.1, 0.15) is 0 Å². The van der Waals surface area contributed by atoms with Gasteiger partial charge in [0.15, 0.2) is 0 Å². The van der Waals surface area contributed by atoms with Crippen molar-refractivity contribution in [2.24, 2.45) is 11.1 Å². The molecular weight excluding hydrogens is 200 g/mol. The van der Waals surface area contributed by atoms with Gasteiger partial charge in [-0.3, -0.25) is 4.79 Å². The van der Waals surface area contributed by atoms with E-state index in [0.717, 1.165) is 38.8 Å². The Balaban J connectivity index is 2.44. The Bertz CT molecular complexity index is 232.